The molecular weight excluding hydrogens is 278 g/mol. The number of aryl methyl sites for hydroxylation is 2. The normalized spacial score (nSPS) is 14.0. The average molecular weight is 302 g/mol. The van der Waals surface area contributed by atoms with Gasteiger partial charge in [-0.15, -0.1) is 0 Å². The van der Waals surface area contributed by atoms with Gasteiger partial charge in [0.1, 0.15) is 5.84 Å². The Kier molecular flexibility index (Phi) is 6.29. The van der Waals surface area contributed by atoms with Crippen molar-refractivity contribution in [3.05, 3.63) is 16.4 Å². The summed E-state index contributed by atoms with van der Waals surface area (Å²) in [6.45, 7) is 8.30. The van der Waals surface area contributed by atoms with Crippen LogP contribution in [-0.2, 0) is 20.0 Å². The molecule has 7 heteroatoms. The molecule has 0 saturated heterocycles. The van der Waals surface area contributed by atoms with Crippen molar-refractivity contribution in [3.63, 3.8) is 0 Å². The van der Waals surface area contributed by atoms with Crippen molar-refractivity contribution in [2.75, 3.05) is 13.1 Å². The van der Waals surface area contributed by atoms with Gasteiger partial charge in [-0.25, -0.2) is 0 Å². The highest BCUT2D eigenvalue weighted by Gasteiger charge is 2.18. The van der Waals surface area contributed by atoms with E-state index in [-0.39, 0.29) is 11.8 Å². The number of amidine groups is 1. The summed E-state index contributed by atoms with van der Waals surface area (Å²) in [7, 11) is 1.90. The minimum absolute atomic E-state index is 0.0161. The number of nitrogens with zero attached hydrogens (tertiary/aromatic N) is 4. The maximum absolute atomic E-state index is 8.71. The fourth-order valence-corrected chi connectivity index (χ4v) is 2.44. The molecule has 0 radical (unpaired) electrons. The topological polar surface area (TPSA) is 79.7 Å². The molecule has 0 bridgehead atoms. The Morgan fingerprint density at radius 1 is 1.55 bits per heavy atom. The average Bonchev–Trinajstić information content (AvgIpc) is 2.72. The molecule has 0 fully saturated rings. The van der Waals surface area contributed by atoms with Gasteiger partial charge in [-0.1, -0.05) is 37.5 Å². The van der Waals surface area contributed by atoms with Crippen LogP contribution in [0.15, 0.2) is 5.16 Å². The standard InChI is InChI=1S/C13H24ClN5O/c1-5-10-12(14)11(18(4)16-10)8-19(6-2)7-9(3)13(15)17-20/h9,20H,5-8H2,1-4H3,(H2,15,17). The van der Waals surface area contributed by atoms with Crippen molar-refractivity contribution in [2.24, 2.45) is 23.9 Å². The van der Waals surface area contributed by atoms with Crippen LogP contribution in [0.1, 0.15) is 32.2 Å². The minimum Gasteiger partial charge on any atom is -0.409 e. The zero-order chi connectivity index (χ0) is 15.3. The summed E-state index contributed by atoms with van der Waals surface area (Å²) in [5.41, 5.74) is 7.55. The molecular formula is C13H24ClN5O. The Balaban J connectivity index is 2.81. The third-order valence-corrected chi connectivity index (χ3v) is 3.91. The molecule has 0 aliphatic carbocycles. The SMILES string of the molecule is CCc1nn(C)c(CN(CC)CC(C)C(N)=NO)c1Cl. The zero-order valence-electron chi connectivity index (χ0n) is 12.6. The van der Waals surface area contributed by atoms with Crippen LogP contribution in [0.4, 0.5) is 0 Å². The van der Waals surface area contributed by atoms with Crippen LogP contribution in [0.2, 0.25) is 5.02 Å². The van der Waals surface area contributed by atoms with Crippen LogP contribution in [-0.4, -0.2) is 38.8 Å². The lowest BCUT2D eigenvalue weighted by molar-refractivity contribution is 0.252. The van der Waals surface area contributed by atoms with Crippen molar-refractivity contribution in [2.45, 2.75) is 33.7 Å². The predicted molar refractivity (Wildman–Crippen MR) is 81.1 cm³/mol. The molecule has 1 unspecified atom stereocenters. The van der Waals surface area contributed by atoms with Crippen LogP contribution in [0.25, 0.3) is 0 Å². The predicted octanol–water partition coefficient (Wildman–Crippen LogP) is 1.84. The number of hydrogen-bond donors (Lipinski definition) is 2. The smallest absolute Gasteiger partial charge is 0.143 e. The lowest BCUT2D eigenvalue weighted by Gasteiger charge is -2.23. The van der Waals surface area contributed by atoms with Crippen molar-refractivity contribution >= 4 is 17.4 Å². The first kappa shape index (κ1) is 16.8. The second-order valence-corrected chi connectivity index (χ2v) is 5.32. The summed E-state index contributed by atoms with van der Waals surface area (Å²) in [4.78, 5) is 2.20. The molecule has 1 aromatic rings. The van der Waals surface area contributed by atoms with E-state index >= 15 is 0 Å². The number of aromatic nitrogens is 2. The molecule has 1 aromatic heterocycles. The molecule has 6 nitrogen and oxygen atoms in total. The van der Waals surface area contributed by atoms with E-state index in [2.05, 4.69) is 22.1 Å². The Morgan fingerprint density at radius 2 is 2.20 bits per heavy atom. The second kappa shape index (κ2) is 7.50. The van der Waals surface area contributed by atoms with Gasteiger partial charge < -0.3 is 10.9 Å². The highest BCUT2D eigenvalue weighted by molar-refractivity contribution is 6.31. The summed E-state index contributed by atoms with van der Waals surface area (Å²) in [6.07, 6.45) is 0.819. The summed E-state index contributed by atoms with van der Waals surface area (Å²) in [5.74, 6) is 0.228. The zero-order valence-corrected chi connectivity index (χ0v) is 13.4. The Morgan fingerprint density at radius 3 is 2.65 bits per heavy atom. The van der Waals surface area contributed by atoms with E-state index in [1.807, 2.05) is 25.6 Å². The minimum atomic E-state index is -0.0161. The van der Waals surface area contributed by atoms with Gasteiger partial charge >= 0.3 is 0 Å². The van der Waals surface area contributed by atoms with E-state index in [1.54, 1.807) is 0 Å². The van der Waals surface area contributed by atoms with Crippen LogP contribution < -0.4 is 5.73 Å². The molecule has 0 saturated carbocycles. The van der Waals surface area contributed by atoms with E-state index in [4.69, 9.17) is 22.5 Å². The molecule has 1 atom stereocenters. The molecule has 0 spiro atoms. The van der Waals surface area contributed by atoms with Gasteiger partial charge in [0.05, 0.1) is 16.4 Å². The summed E-state index contributed by atoms with van der Waals surface area (Å²) in [6, 6.07) is 0. The summed E-state index contributed by atoms with van der Waals surface area (Å²) < 4.78 is 1.83. The number of halogens is 1. The second-order valence-electron chi connectivity index (χ2n) is 4.94. The number of hydrogen-bond acceptors (Lipinski definition) is 4. The maximum atomic E-state index is 8.71. The molecule has 0 aliphatic rings. The lowest BCUT2D eigenvalue weighted by Crippen LogP contribution is -2.35. The van der Waals surface area contributed by atoms with Gasteiger partial charge in [-0.3, -0.25) is 9.58 Å². The monoisotopic (exact) mass is 301 g/mol. The van der Waals surface area contributed by atoms with Crippen LogP contribution in [0, 0.1) is 5.92 Å². The van der Waals surface area contributed by atoms with Gasteiger partial charge in [0.25, 0.3) is 0 Å². The first-order valence-electron chi connectivity index (χ1n) is 6.84. The molecule has 114 valence electrons. The Bertz CT molecular complexity index is 472. The van der Waals surface area contributed by atoms with Crippen molar-refractivity contribution in [3.8, 4) is 0 Å². The maximum Gasteiger partial charge on any atom is 0.143 e. The van der Waals surface area contributed by atoms with Crippen molar-refractivity contribution in [1.29, 1.82) is 0 Å². The Labute approximate surface area is 125 Å². The van der Waals surface area contributed by atoms with Gasteiger partial charge in [0, 0.05) is 26.1 Å². The van der Waals surface area contributed by atoms with E-state index in [0.29, 0.717) is 13.1 Å². The van der Waals surface area contributed by atoms with Crippen LogP contribution in [0.5, 0.6) is 0 Å². The highest BCUT2D eigenvalue weighted by Crippen LogP contribution is 2.22. The van der Waals surface area contributed by atoms with E-state index in [0.717, 1.165) is 29.4 Å². The fraction of sp³-hybridized carbons (Fsp3) is 0.692. The fourth-order valence-electron chi connectivity index (χ4n) is 2.09. The largest absolute Gasteiger partial charge is 0.409 e. The third kappa shape index (κ3) is 3.86. The molecule has 3 N–H and O–H groups in total. The number of oxime groups is 1. The van der Waals surface area contributed by atoms with E-state index < -0.39 is 0 Å². The van der Waals surface area contributed by atoms with Crippen LogP contribution in [0.3, 0.4) is 0 Å². The number of nitrogens with two attached hydrogens (primary N) is 1. The molecule has 0 aromatic carbocycles. The molecule has 0 amide bonds. The van der Waals surface area contributed by atoms with Crippen molar-refractivity contribution < 1.29 is 5.21 Å². The molecule has 1 heterocycles. The van der Waals surface area contributed by atoms with E-state index in [1.165, 1.54) is 0 Å². The van der Waals surface area contributed by atoms with Gasteiger partial charge in [-0.05, 0) is 13.0 Å². The number of rotatable bonds is 7. The van der Waals surface area contributed by atoms with Gasteiger partial charge in [0.2, 0.25) is 0 Å². The first-order valence-corrected chi connectivity index (χ1v) is 7.22. The highest BCUT2D eigenvalue weighted by atomic mass is 35.5. The van der Waals surface area contributed by atoms with Gasteiger partial charge in [-0.2, -0.15) is 5.10 Å². The summed E-state index contributed by atoms with van der Waals surface area (Å²) >= 11 is 6.36. The first-order chi connectivity index (χ1) is 9.44. The molecule has 0 aliphatic heterocycles. The molecule has 20 heavy (non-hydrogen) atoms. The quantitative estimate of drug-likeness (QED) is 0.348. The van der Waals surface area contributed by atoms with Gasteiger partial charge in [0.15, 0.2) is 0 Å². The molecule has 1 rings (SSSR count). The third-order valence-electron chi connectivity index (χ3n) is 3.48. The lowest BCUT2D eigenvalue weighted by atomic mass is 10.1. The van der Waals surface area contributed by atoms with Crippen LogP contribution >= 0.6 is 11.6 Å². The Hall–Kier alpha value is -1.27. The summed E-state index contributed by atoms with van der Waals surface area (Å²) in [5, 5.41) is 16.9. The van der Waals surface area contributed by atoms with Crippen molar-refractivity contribution in [1.82, 2.24) is 14.7 Å². The van der Waals surface area contributed by atoms with E-state index in [9.17, 15) is 0 Å².